The highest BCUT2D eigenvalue weighted by Crippen LogP contribution is 2.34. The molecule has 1 atom stereocenters. The first-order chi connectivity index (χ1) is 31.0. The molecule has 19 heteroatoms. The second-order valence-electron chi connectivity index (χ2n) is 17.0. The minimum absolute atomic E-state index is 0.00159. The Morgan fingerprint density at radius 3 is 2.47 bits per heavy atom. The van der Waals surface area contributed by atoms with Gasteiger partial charge in [0, 0.05) is 81.7 Å². The summed E-state index contributed by atoms with van der Waals surface area (Å²) in [5.41, 5.74) is 4.08. The van der Waals surface area contributed by atoms with E-state index in [9.17, 15) is 28.8 Å². The summed E-state index contributed by atoms with van der Waals surface area (Å²) < 4.78 is 3.58. The number of rotatable bonds is 15. The smallest absolute Gasteiger partial charge is 0.264 e. The highest BCUT2D eigenvalue weighted by atomic mass is 16.2. The standard InChI is InChI=1S/C45H51N13O6/c1-27-33-24-48-45(51-40(33)57(30-9-4-5-10-30)43(63)38(27)28(2)59)49-36-15-13-31(23-47-36)55-21-19-54(20-22-55)25-29-26-56(53-52-29)18-7-3-6-17-46-34-12-8-11-32-39(34)44(64)58(42(32)62)35-14-16-37(60)50-41(35)61/h8,11-13,15,23-24,26,30,35,46H,3-7,9-10,14,16-22,25H2,1-2H3,(H,50,60,61)(H,47,48,49,51). The van der Waals surface area contributed by atoms with Gasteiger partial charge in [0.25, 0.3) is 17.4 Å². The normalized spacial score (nSPS) is 18.2. The molecule has 1 unspecified atom stereocenters. The number of piperidine rings is 1. The van der Waals surface area contributed by atoms with Gasteiger partial charge in [0.2, 0.25) is 17.8 Å². The van der Waals surface area contributed by atoms with Gasteiger partial charge in [-0.05, 0) is 82.2 Å². The monoisotopic (exact) mass is 869 g/mol. The van der Waals surface area contributed by atoms with Crippen LogP contribution in [-0.4, -0.2) is 112 Å². The maximum atomic E-state index is 13.6. The van der Waals surface area contributed by atoms with Gasteiger partial charge in [-0.1, -0.05) is 24.1 Å². The molecule has 4 aliphatic rings. The van der Waals surface area contributed by atoms with Gasteiger partial charge in [0.1, 0.15) is 17.5 Å². The Kier molecular flexibility index (Phi) is 12.0. The number of nitrogens with one attached hydrogen (secondary N) is 3. The van der Waals surface area contributed by atoms with Gasteiger partial charge in [0.05, 0.1) is 34.3 Å². The lowest BCUT2D eigenvalue weighted by molar-refractivity contribution is -0.136. The molecule has 0 radical (unpaired) electrons. The number of unbranched alkanes of at least 4 members (excludes halogenated alkanes) is 2. The minimum Gasteiger partial charge on any atom is -0.384 e. The van der Waals surface area contributed by atoms with Crippen molar-refractivity contribution in [3.05, 3.63) is 87.2 Å². The molecule has 7 heterocycles. The fraction of sp³-hybridized carbons (Fsp3) is 0.444. The van der Waals surface area contributed by atoms with E-state index < -0.39 is 29.7 Å². The van der Waals surface area contributed by atoms with Crippen molar-refractivity contribution in [2.45, 2.75) is 96.8 Å². The van der Waals surface area contributed by atoms with Crippen molar-refractivity contribution in [3.63, 3.8) is 0 Å². The van der Waals surface area contributed by atoms with Crippen LogP contribution in [0, 0.1) is 6.92 Å². The third-order valence-electron chi connectivity index (χ3n) is 12.8. The van der Waals surface area contributed by atoms with E-state index in [1.807, 2.05) is 29.2 Å². The molecule has 64 heavy (non-hydrogen) atoms. The number of carbonyl (C=O) groups is 5. The van der Waals surface area contributed by atoms with Gasteiger partial charge in [-0.25, -0.2) is 9.97 Å². The molecule has 1 aliphatic carbocycles. The first-order valence-corrected chi connectivity index (χ1v) is 22.1. The number of imide groups is 2. The Morgan fingerprint density at radius 2 is 1.72 bits per heavy atom. The van der Waals surface area contributed by atoms with Crippen molar-refractivity contribution in [3.8, 4) is 0 Å². The number of aromatic nitrogens is 7. The molecule has 5 aromatic rings. The molecule has 1 saturated carbocycles. The number of fused-ring (bicyclic) bond motifs is 2. The maximum absolute atomic E-state index is 13.6. The van der Waals surface area contributed by atoms with Crippen LogP contribution in [0.3, 0.4) is 0 Å². The number of carbonyl (C=O) groups excluding carboxylic acids is 5. The van der Waals surface area contributed by atoms with Gasteiger partial charge < -0.3 is 15.5 Å². The van der Waals surface area contributed by atoms with Crippen molar-refractivity contribution >= 4 is 63.6 Å². The van der Waals surface area contributed by atoms with Gasteiger partial charge in [-0.2, -0.15) is 4.98 Å². The first-order valence-electron chi connectivity index (χ1n) is 22.1. The molecular weight excluding hydrogens is 819 g/mol. The summed E-state index contributed by atoms with van der Waals surface area (Å²) in [6, 6.07) is 8.00. The zero-order valence-corrected chi connectivity index (χ0v) is 36.0. The summed E-state index contributed by atoms with van der Waals surface area (Å²) in [4.78, 5) is 96.2. The number of ketones is 1. The third kappa shape index (κ3) is 8.46. The van der Waals surface area contributed by atoms with E-state index in [-0.39, 0.29) is 46.9 Å². The number of anilines is 4. The molecule has 3 fully saturated rings. The van der Waals surface area contributed by atoms with Gasteiger partial charge >= 0.3 is 0 Å². The Morgan fingerprint density at radius 1 is 0.906 bits per heavy atom. The van der Waals surface area contributed by atoms with Crippen LogP contribution in [0.4, 0.5) is 23.1 Å². The van der Waals surface area contributed by atoms with Crippen molar-refractivity contribution in [1.82, 2.24) is 49.6 Å². The van der Waals surface area contributed by atoms with Crippen LogP contribution in [0.2, 0.25) is 0 Å². The average molecular weight is 870 g/mol. The number of hydrogen-bond donors (Lipinski definition) is 3. The topological polar surface area (TPSA) is 223 Å². The van der Waals surface area contributed by atoms with E-state index >= 15 is 0 Å². The molecule has 9 rings (SSSR count). The number of aryl methyl sites for hydroxylation is 2. The Labute approximate surface area is 368 Å². The fourth-order valence-electron chi connectivity index (χ4n) is 9.44. The molecule has 1 aromatic carbocycles. The van der Waals surface area contributed by atoms with Gasteiger partial charge in [0.15, 0.2) is 5.78 Å². The lowest BCUT2D eigenvalue weighted by atomic mass is 10.0. The molecular formula is C45H51N13O6. The minimum atomic E-state index is -0.999. The van der Waals surface area contributed by atoms with Crippen molar-refractivity contribution in [1.29, 1.82) is 0 Å². The van der Waals surface area contributed by atoms with Gasteiger partial charge in [-0.3, -0.25) is 53.1 Å². The summed E-state index contributed by atoms with van der Waals surface area (Å²) >= 11 is 0. The van der Waals surface area contributed by atoms with Crippen LogP contribution in [0.15, 0.2) is 53.7 Å². The summed E-state index contributed by atoms with van der Waals surface area (Å²) in [6.07, 6.45) is 12.2. The van der Waals surface area contributed by atoms with E-state index in [2.05, 4.69) is 46.0 Å². The zero-order valence-electron chi connectivity index (χ0n) is 36.0. The summed E-state index contributed by atoms with van der Waals surface area (Å²) in [5.74, 6) is -1.40. The molecule has 0 bridgehead atoms. The van der Waals surface area contributed by atoms with Crippen LogP contribution >= 0.6 is 0 Å². The second kappa shape index (κ2) is 18.1. The fourth-order valence-corrected chi connectivity index (χ4v) is 9.44. The van der Waals surface area contributed by atoms with Crippen LogP contribution in [0.1, 0.15) is 113 Å². The summed E-state index contributed by atoms with van der Waals surface area (Å²) in [5, 5.41) is 18.2. The van der Waals surface area contributed by atoms with Crippen molar-refractivity contribution in [2.24, 2.45) is 0 Å². The van der Waals surface area contributed by atoms with Crippen molar-refractivity contribution in [2.75, 3.05) is 48.3 Å². The Balaban J connectivity index is 0.717. The average Bonchev–Trinajstić information content (AvgIpc) is 4.04. The van der Waals surface area contributed by atoms with Gasteiger partial charge in [-0.15, -0.1) is 5.10 Å². The largest absolute Gasteiger partial charge is 0.384 e. The zero-order chi connectivity index (χ0) is 44.5. The maximum Gasteiger partial charge on any atom is 0.264 e. The Bertz CT molecular complexity index is 2700. The van der Waals surface area contributed by atoms with Crippen LogP contribution in [0.5, 0.6) is 0 Å². The molecule has 19 nitrogen and oxygen atoms in total. The summed E-state index contributed by atoms with van der Waals surface area (Å²) in [6.45, 7) is 8.63. The van der Waals surface area contributed by atoms with Crippen molar-refractivity contribution < 1.29 is 24.0 Å². The number of nitrogens with zero attached hydrogens (tertiary/aromatic N) is 10. The van der Waals surface area contributed by atoms with E-state index in [1.165, 1.54) is 6.92 Å². The predicted molar refractivity (Wildman–Crippen MR) is 237 cm³/mol. The molecule has 332 valence electrons. The molecule has 4 aromatic heterocycles. The van der Waals surface area contributed by atoms with E-state index in [0.29, 0.717) is 47.1 Å². The molecule has 4 amide bonds. The number of pyridine rings is 2. The quantitative estimate of drug-likeness (QED) is 0.0764. The number of amides is 4. The Hall–Kier alpha value is -6.89. The summed E-state index contributed by atoms with van der Waals surface area (Å²) in [7, 11) is 0. The lowest BCUT2D eigenvalue weighted by Gasteiger charge is -2.35. The lowest BCUT2D eigenvalue weighted by Crippen LogP contribution is -2.54. The second-order valence-corrected chi connectivity index (χ2v) is 17.0. The molecule has 3 N–H and O–H groups in total. The number of benzene rings is 1. The highest BCUT2D eigenvalue weighted by Gasteiger charge is 2.45. The first kappa shape index (κ1) is 42.4. The van der Waals surface area contributed by atoms with Crippen LogP contribution in [0.25, 0.3) is 11.0 Å². The number of Topliss-reactive ketones (excluding diaryl/α,β-unsaturated/α-hetero) is 1. The third-order valence-corrected chi connectivity index (χ3v) is 12.8. The molecule has 3 aliphatic heterocycles. The predicted octanol–water partition coefficient (Wildman–Crippen LogP) is 4.15. The van der Waals surface area contributed by atoms with Crippen LogP contribution < -0.4 is 26.4 Å². The van der Waals surface area contributed by atoms with Crippen LogP contribution in [-0.2, 0) is 22.7 Å². The number of hydrogen-bond acceptors (Lipinski definition) is 15. The SMILES string of the molecule is CC(=O)c1c(C)c2cnc(Nc3ccc(N4CCN(Cc5cn(CCCCCNc6cccc7c6C(=O)N(C6CCC(=O)NC6=O)C7=O)nn5)CC4)cn3)nc2n(C2CCCC2)c1=O. The molecule has 0 spiro atoms. The highest BCUT2D eigenvalue weighted by molar-refractivity contribution is 6.25. The molecule has 2 saturated heterocycles. The van der Waals surface area contributed by atoms with E-state index in [4.69, 9.17) is 4.98 Å². The number of piperazine rings is 1. The van der Waals surface area contributed by atoms with E-state index in [1.54, 1.807) is 35.9 Å². The van der Waals surface area contributed by atoms with E-state index in [0.717, 1.165) is 94.0 Å².